The normalized spacial score (nSPS) is 11.9. The standard InChI is InChI=1S/C14H19N5O2/c1-11(8-20)18-14(21)16-6-12-2-4-13(5-3-12)7-19-10-15-9-17-19/h2-5,9-11,20H,6-8H2,1H3,(H2,16,18,21)/t11-/m0/s1. The number of urea groups is 1. The summed E-state index contributed by atoms with van der Waals surface area (Å²) in [6.07, 6.45) is 3.17. The largest absolute Gasteiger partial charge is 0.394 e. The molecule has 0 fully saturated rings. The van der Waals surface area contributed by atoms with E-state index in [2.05, 4.69) is 20.7 Å². The molecule has 112 valence electrons. The Morgan fingerprint density at radius 1 is 1.33 bits per heavy atom. The van der Waals surface area contributed by atoms with Crippen molar-refractivity contribution >= 4 is 6.03 Å². The molecule has 1 aromatic heterocycles. The molecule has 1 aromatic carbocycles. The number of carbonyl (C=O) groups excluding carboxylic acids is 1. The van der Waals surface area contributed by atoms with Crippen molar-refractivity contribution in [3.63, 3.8) is 0 Å². The molecule has 7 heteroatoms. The Balaban J connectivity index is 1.81. The topological polar surface area (TPSA) is 92.1 Å². The zero-order valence-electron chi connectivity index (χ0n) is 11.9. The van der Waals surface area contributed by atoms with Crippen molar-refractivity contribution in [3.8, 4) is 0 Å². The Bertz CT molecular complexity index is 553. The molecule has 2 aromatic rings. The summed E-state index contributed by atoms with van der Waals surface area (Å²) < 4.78 is 1.75. The van der Waals surface area contributed by atoms with Crippen LogP contribution in [0.1, 0.15) is 18.1 Å². The molecule has 0 spiro atoms. The second-order valence-electron chi connectivity index (χ2n) is 4.82. The smallest absolute Gasteiger partial charge is 0.315 e. The van der Waals surface area contributed by atoms with Crippen LogP contribution in [-0.2, 0) is 13.1 Å². The Labute approximate surface area is 123 Å². The number of benzene rings is 1. The molecular formula is C14H19N5O2. The van der Waals surface area contributed by atoms with E-state index in [1.165, 1.54) is 6.33 Å². The van der Waals surface area contributed by atoms with Crippen LogP contribution in [0, 0.1) is 0 Å². The number of carbonyl (C=O) groups is 1. The summed E-state index contributed by atoms with van der Waals surface area (Å²) in [5, 5.41) is 18.3. The van der Waals surface area contributed by atoms with Gasteiger partial charge in [-0.3, -0.25) is 0 Å². The highest BCUT2D eigenvalue weighted by Gasteiger charge is 2.05. The van der Waals surface area contributed by atoms with Gasteiger partial charge in [-0.2, -0.15) is 5.10 Å². The monoisotopic (exact) mass is 289 g/mol. The summed E-state index contributed by atoms with van der Waals surface area (Å²) in [4.78, 5) is 15.4. The number of aliphatic hydroxyl groups is 1. The molecule has 0 unspecified atom stereocenters. The summed E-state index contributed by atoms with van der Waals surface area (Å²) in [6, 6.07) is 7.36. The van der Waals surface area contributed by atoms with E-state index >= 15 is 0 Å². The van der Waals surface area contributed by atoms with Gasteiger partial charge in [-0.25, -0.2) is 14.5 Å². The van der Waals surface area contributed by atoms with Gasteiger partial charge in [-0.05, 0) is 18.1 Å². The van der Waals surface area contributed by atoms with Crippen LogP contribution in [0.3, 0.4) is 0 Å². The molecular weight excluding hydrogens is 270 g/mol. The van der Waals surface area contributed by atoms with E-state index in [-0.39, 0.29) is 18.7 Å². The number of hydrogen-bond acceptors (Lipinski definition) is 4. The summed E-state index contributed by atoms with van der Waals surface area (Å²) in [6.45, 7) is 2.76. The molecule has 0 aliphatic carbocycles. The lowest BCUT2D eigenvalue weighted by Crippen LogP contribution is -2.41. The predicted molar refractivity (Wildman–Crippen MR) is 77.5 cm³/mol. The molecule has 1 atom stereocenters. The molecule has 0 saturated heterocycles. The molecule has 0 bridgehead atoms. The second-order valence-corrected chi connectivity index (χ2v) is 4.82. The van der Waals surface area contributed by atoms with Gasteiger partial charge >= 0.3 is 6.03 Å². The van der Waals surface area contributed by atoms with Crippen LogP contribution in [0.5, 0.6) is 0 Å². The number of hydrogen-bond donors (Lipinski definition) is 3. The number of aromatic nitrogens is 3. The highest BCUT2D eigenvalue weighted by Crippen LogP contribution is 2.05. The summed E-state index contributed by atoms with van der Waals surface area (Å²) in [5.74, 6) is 0. The first kappa shape index (κ1) is 15.0. The molecule has 21 heavy (non-hydrogen) atoms. The molecule has 0 radical (unpaired) electrons. The van der Waals surface area contributed by atoms with Gasteiger partial charge in [-0.1, -0.05) is 24.3 Å². The van der Waals surface area contributed by atoms with Crippen molar-refractivity contribution in [3.05, 3.63) is 48.0 Å². The zero-order valence-corrected chi connectivity index (χ0v) is 11.9. The fourth-order valence-corrected chi connectivity index (χ4v) is 1.77. The van der Waals surface area contributed by atoms with Crippen LogP contribution < -0.4 is 10.6 Å². The van der Waals surface area contributed by atoms with E-state index < -0.39 is 0 Å². The lowest BCUT2D eigenvalue weighted by atomic mass is 10.1. The van der Waals surface area contributed by atoms with Crippen LogP contribution in [0.25, 0.3) is 0 Å². The number of rotatable bonds is 6. The summed E-state index contributed by atoms with van der Waals surface area (Å²) in [7, 11) is 0. The van der Waals surface area contributed by atoms with Gasteiger partial charge in [0.1, 0.15) is 12.7 Å². The number of amides is 2. The molecule has 7 nitrogen and oxygen atoms in total. The van der Waals surface area contributed by atoms with Gasteiger partial charge in [0.2, 0.25) is 0 Å². The minimum absolute atomic E-state index is 0.0790. The van der Waals surface area contributed by atoms with Crippen molar-refractivity contribution < 1.29 is 9.90 Å². The van der Waals surface area contributed by atoms with Crippen LogP contribution in [0.4, 0.5) is 4.79 Å². The van der Waals surface area contributed by atoms with Crippen molar-refractivity contribution in [1.82, 2.24) is 25.4 Å². The molecule has 3 N–H and O–H groups in total. The van der Waals surface area contributed by atoms with E-state index in [1.54, 1.807) is 17.9 Å². The lowest BCUT2D eigenvalue weighted by molar-refractivity contribution is 0.220. The van der Waals surface area contributed by atoms with Gasteiger partial charge in [0.05, 0.1) is 19.2 Å². The second kappa shape index (κ2) is 7.39. The third kappa shape index (κ3) is 4.88. The SMILES string of the molecule is C[C@@H](CO)NC(=O)NCc1ccc(Cn2cncn2)cc1. The maximum Gasteiger partial charge on any atom is 0.315 e. The maximum atomic E-state index is 11.5. The Morgan fingerprint density at radius 3 is 2.67 bits per heavy atom. The van der Waals surface area contributed by atoms with Gasteiger partial charge in [-0.15, -0.1) is 0 Å². The van der Waals surface area contributed by atoms with Crippen molar-refractivity contribution in [1.29, 1.82) is 0 Å². The van der Waals surface area contributed by atoms with Gasteiger partial charge in [0.25, 0.3) is 0 Å². The minimum atomic E-state index is -0.289. The first-order chi connectivity index (χ1) is 10.2. The first-order valence-corrected chi connectivity index (χ1v) is 6.73. The highest BCUT2D eigenvalue weighted by atomic mass is 16.3. The molecule has 2 rings (SSSR count). The quantitative estimate of drug-likeness (QED) is 0.722. The summed E-state index contributed by atoms with van der Waals surface area (Å²) in [5.41, 5.74) is 2.12. The van der Waals surface area contributed by atoms with Gasteiger partial charge < -0.3 is 15.7 Å². The van der Waals surface area contributed by atoms with E-state index in [9.17, 15) is 4.79 Å². The van der Waals surface area contributed by atoms with Crippen molar-refractivity contribution in [2.45, 2.75) is 26.1 Å². The van der Waals surface area contributed by atoms with E-state index in [0.29, 0.717) is 13.1 Å². The minimum Gasteiger partial charge on any atom is -0.394 e. The number of aliphatic hydroxyl groups excluding tert-OH is 1. The third-order valence-electron chi connectivity index (χ3n) is 2.94. The van der Waals surface area contributed by atoms with E-state index in [0.717, 1.165) is 11.1 Å². The lowest BCUT2D eigenvalue weighted by Gasteiger charge is -2.12. The van der Waals surface area contributed by atoms with Crippen LogP contribution in [0.15, 0.2) is 36.9 Å². The average molecular weight is 289 g/mol. The Hall–Kier alpha value is -2.41. The molecule has 0 aliphatic rings. The predicted octanol–water partition coefficient (Wildman–Crippen LogP) is 0.506. The zero-order chi connectivity index (χ0) is 15.1. The van der Waals surface area contributed by atoms with Crippen molar-refractivity contribution in [2.24, 2.45) is 0 Å². The average Bonchev–Trinajstić information content (AvgIpc) is 2.99. The summed E-state index contributed by atoms with van der Waals surface area (Å²) >= 11 is 0. The van der Waals surface area contributed by atoms with Crippen LogP contribution >= 0.6 is 0 Å². The molecule has 2 amide bonds. The van der Waals surface area contributed by atoms with Crippen LogP contribution in [0.2, 0.25) is 0 Å². The Morgan fingerprint density at radius 2 is 2.05 bits per heavy atom. The number of nitrogens with one attached hydrogen (secondary N) is 2. The highest BCUT2D eigenvalue weighted by molar-refractivity contribution is 5.74. The molecule has 0 aliphatic heterocycles. The van der Waals surface area contributed by atoms with E-state index in [1.807, 2.05) is 24.3 Å². The fourth-order valence-electron chi connectivity index (χ4n) is 1.77. The van der Waals surface area contributed by atoms with Gasteiger partial charge in [0.15, 0.2) is 0 Å². The number of nitrogens with zero attached hydrogens (tertiary/aromatic N) is 3. The molecule has 1 heterocycles. The van der Waals surface area contributed by atoms with Crippen molar-refractivity contribution in [2.75, 3.05) is 6.61 Å². The Kier molecular flexibility index (Phi) is 5.28. The van der Waals surface area contributed by atoms with E-state index in [4.69, 9.17) is 5.11 Å². The first-order valence-electron chi connectivity index (χ1n) is 6.73. The third-order valence-corrected chi connectivity index (χ3v) is 2.94. The maximum absolute atomic E-state index is 11.5. The molecule has 0 saturated carbocycles. The van der Waals surface area contributed by atoms with Gasteiger partial charge in [0, 0.05) is 6.54 Å². The van der Waals surface area contributed by atoms with Crippen LogP contribution in [-0.4, -0.2) is 38.6 Å². The fraction of sp³-hybridized carbons (Fsp3) is 0.357.